The number of hydrogen-bond donors (Lipinski definition) is 2. The average Bonchev–Trinajstić information content (AvgIpc) is 2.91. The first kappa shape index (κ1) is 18.7. The van der Waals surface area contributed by atoms with Crippen LogP contribution in [0.5, 0.6) is 5.88 Å². The lowest BCUT2D eigenvalue weighted by Gasteiger charge is -2.39. The molecule has 2 bridgehead atoms. The van der Waals surface area contributed by atoms with Gasteiger partial charge >= 0.3 is 0 Å². The van der Waals surface area contributed by atoms with E-state index in [1.807, 2.05) is 6.92 Å². The fourth-order valence-corrected chi connectivity index (χ4v) is 4.49. The maximum atomic E-state index is 12.8. The molecule has 148 valence electrons. The molecule has 2 fully saturated rings. The summed E-state index contributed by atoms with van der Waals surface area (Å²) in [5.41, 5.74) is 7.32. The summed E-state index contributed by atoms with van der Waals surface area (Å²) >= 11 is 0. The van der Waals surface area contributed by atoms with Gasteiger partial charge in [0.1, 0.15) is 5.56 Å². The Hall–Kier alpha value is -2.67. The second-order valence-corrected chi connectivity index (χ2v) is 7.56. The summed E-state index contributed by atoms with van der Waals surface area (Å²) in [6.07, 6.45) is 5.77. The predicted octanol–water partition coefficient (Wildman–Crippen LogP) is 2.38. The maximum absolute atomic E-state index is 12.8. The van der Waals surface area contributed by atoms with E-state index < -0.39 is 0 Å². The third kappa shape index (κ3) is 3.94. The molecule has 2 aliphatic heterocycles. The quantitative estimate of drug-likeness (QED) is 0.798. The Bertz CT molecular complexity index is 815. The predicted molar refractivity (Wildman–Crippen MR) is 107 cm³/mol. The van der Waals surface area contributed by atoms with Gasteiger partial charge < -0.3 is 15.8 Å². The van der Waals surface area contributed by atoms with Gasteiger partial charge in [-0.2, -0.15) is 4.98 Å². The number of carbonyl (C=O) groups excluding carboxylic acids is 1. The zero-order chi connectivity index (χ0) is 19.5. The van der Waals surface area contributed by atoms with Crippen molar-refractivity contribution in [3.8, 4) is 5.88 Å². The summed E-state index contributed by atoms with van der Waals surface area (Å²) in [4.78, 5) is 23.4. The monoisotopic (exact) mass is 381 g/mol. The highest BCUT2D eigenvalue weighted by Gasteiger charge is 2.41. The smallest absolute Gasteiger partial charge is 0.258 e. The molecule has 2 aliphatic rings. The molecule has 2 unspecified atom stereocenters. The van der Waals surface area contributed by atoms with E-state index in [9.17, 15) is 4.79 Å². The fraction of sp³-hybridized carbons (Fsp3) is 0.476. The minimum absolute atomic E-state index is 0.104. The number of ether oxygens (including phenoxy) is 1. The highest BCUT2D eigenvalue weighted by Crippen LogP contribution is 2.37. The molecular formula is C21H27N5O2. The van der Waals surface area contributed by atoms with Gasteiger partial charge in [-0.1, -0.05) is 30.3 Å². The number of hydrogen-bond acceptors (Lipinski definition) is 6. The van der Waals surface area contributed by atoms with Gasteiger partial charge in [0.15, 0.2) is 0 Å². The summed E-state index contributed by atoms with van der Waals surface area (Å²) in [6.45, 7) is 3.25. The van der Waals surface area contributed by atoms with Crippen molar-refractivity contribution in [1.29, 1.82) is 0 Å². The Labute approximate surface area is 165 Å². The van der Waals surface area contributed by atoms with Crippen LogP contribution in [-0.4, -0.2) is 45.5 Å². The van der Waals surface area contributed by atoms with Crippen molar-refractivity contribution in [3.63, 3.8) is 0 Å². The molecule has 1 aromatic heterocycles. The van der Waals surface area contributed by atoms with Crippen LogP contribution in [0.25, 0.3) is 0 Å². The molecule has 2 atom stereocenters. The Kier molecular flexibility index (Phi) is 5.43. The van der Waals surface area contributed by atoms with E-state index in [0.717, 1.165) is 19.4 Å². The lowest BCUT2D eigenvalue weighted by molar-refractivity contribution is 0.0824. The van der Waals surface area contributed by atoms with E-state index in [4.69, 9.17) is 10.5 Å². The maximum Gasteiger partial charge on any atom is 0.258 e. The molecule has 0 saturated carbocycles. The number of aromatic nitrogens is 2. The first-order valence-electron chi connectivity index (χ1n) is 10.00. The molecule has 3 N–H and O–H groups in total. The second kappa shape index (κ2) is 8.14. The second-order valence-electron chi connectivity index (χ2n) is 7.56. The number of nitrogen functional groups attached to an aromatic ring is 1. The number of rotatable bonds is 6. The number of nitrogens with two attached hydrogens (primary N) is 1. The molecule has 0 aliphatic carbocycles. The van der Waals surface area contributed by atoms with Gasteiger partial charge in [0.05, 0.1) is 6.61 Å². The van der Waals surface area contributed by atoms with Crippen molar-refractivity contribution in [1.82, 2.24) is 20.2 Å². The summed E-state index contributed by atoms with van der Waals surface area (Å²) in [7, 11) is 0. The first-order chi connectivity index (χ1) is 13.6. The molecule has 0 radical (unpaired) electrons. The van der Waals surface area contributed by atoms with Crippen LogP contribution < -0.4 is 15.8 Å². The van der Waals surface area contributed by atoms with Crippen LogP contribution in [0.3, 0.4) is 0 Å². The van der Waals surface area contributed by atoms with Crippen LogP contribution in [0.2, 0.25) is 0 Å². The number of carbonyl (C=O) groups is 1. The summed E-state index contributed by atoms with van der Waals surface area (Å²) in [5, 5.41) is 3.17. The zero-order valence-corrected chi connectivity index (χ0v) is 16.2. The van der Waals surface area contributed by atoms with Gasteiger partial charge in [0.2, 0.25) is 11.8 Å². The lowest BCUT2D eigenvalue weighted by atomic mass is 9.96. The average molecular weight is 381 g/mol. The number of anilines is 1. The number of amides is 1. The largest absolute Gasteiger partial charge is 0.477 e. The highest BCUT2D eigenvalue weighted by atomic mass is 16.5. The molecule has 7 heteroatoms. The van der Waals surface area contributed by atoms with Crippen LogP contribution in [-0.2, 0) is 6.54 Å². The molecule has 4 rings (SSSR count). The van der Waals surface area contributed by atoms with Crippen molar-refractivity contribution in [2.75, 3.05) is 12.3 Å². The topological polar surface area (TPSA) is 93.4 Å². The summed E-state index contributed by atoms with van der Waals surface area (Å²) < 4.78 is 5.47. The molecule has 0 spiro atoms. The van der Waals surface area contributed by atoms with Crippen LogP contribution in [0.1, 0.15) is 48.5 Å². The Balaban J connectivity index is 1.41. The minimum atomic E-state index is -0.190. The van der Waals surface area contributed by atoms with Crippen LogP contribution in [0.15, 0.2) is 36.5 Å². The van der Waals surface area contributed by atoms with Crippen molar-refractivity contribution < 1.29 is 9.53 Å². The van der Waals surface area contributed by atoms with Crippen molar-refractivity contribution >= 4 is 11.9 Å². The van der Waals surface area contributed by atoms with E-state index in [1.165, 1.54) is 24.6 Å². The first-order valence-corrected chi connectivity index (χ1v) is 10.00. The molecule has 1 aromatic carbocycles. The molecule has 1 amide bonds. The van der Waals surface area contributed by atoms with E-state index in [0.29, 0.717) is 24.3 Å². The fourth-order valence-electron chi connectivity index (χ4n) is 4.49. The standard InChI is InChI=1S/C21H27N5O2/c1-2-28-20-18(12-23-21(22)25-20)19(27)24-15-10-16-8-9-17(11-15)26(16)13-14-6-4-3-5-7-14/h3-7,12,15-17H,2,8-11,13H2,1H3,(H,24,27)(H2,22,23,25). The number of piperidine rings is 1. The van der Waals surface area contributed by atoms with Crippen LogP contribution >= 0.6 is 0 Å². The number of benzene rings is 1. The molecule has 28 heavy (non-hydrogen) atoms. The van der Waals surface area contributed by atoms with Crippen LogP contribution in [0.4, 0.5) is 5.95 Å². The normalized spacial score (nSPS) is 24.1. The van der Waals surface area contributed by atoms with Gasteiger partial charge in [0, 0.05) is 30.9 Å². The Morgan fingerprint density at radius 1 is 1.25 bits per heavy atom. The SMILES string of the molecule is CCOc1nc(N)ncc1C(=O)NC1CC2CCC(C1)N2Cc1ccccc1. The van der Waals surface area contributed by atoms with Gasteiger partial charge in [-0.3, -0.25) is 9.69 Å². The number of fused-ring (bicyclic) bond motifs is 2. The van der Waals surface area contributed by atoms with Gasteiger partial charge in [0.25, 0.3) is 5.91 Å². The van der Waals surface area contributed by atoms with Gasteiger partial charge in [-0.25, -0.2) is 4.98 Å². The number of nitrogens with one attached hydrogen (secondary N) is 1. The summed E-state index contributed by atoms with van der Waals surface area (Å²) in [6, 6.07) is 11.8. The zero-order valence-electron chi connectivity index (χ0n) is 16.2. The van der Waals surface area contributed by atoms with Crippen molar-refractivity contribution in [3.05, 3.63) is 47.7 Å². The lowest BCUT2D eigenvalue weighted by Crippen LogP contribution is -2.50. The van der Waals surface area contributed by atoms with Crippen molar-refractivity contribution in [2.24, 2.45) is 0 Å². The van der Waals surface area contributed by atoms with Gasteiger partial charge in [-0.05, 0) is 38.2 Å². The Morgan fingerprint density at radius 2 is 1.96 bits per heavy atom. The molecule has 2 aromatic rings. The molecule has 7 nitrogen and oxygen atoms in total. The molecule has 3 heterocycles. The molecular weight excluding hydrogens is 354 g/mol. The summed E-state index contributed by atoms with van der Waals surface area (Å²) in [5.74, 6) is 0.161. The van der Waals surface area contributed by atoms with Gasteiger partial charge in [-0.15, -0.1) is 0 Å². The number of nitrogens with zero attached hydrogens (tertiary/aromatic N) is 3. The highest BCUT2D eigenvalue weighted by molar-refractivity contribution is 5.96. The van der Waals surface area contributed by atoms with Crippen molar-refractivity contribution in [2.45, 2.75) is 57.3 Å². The Morgan fingerprint density at radius 3 is 2.64 bits per heavy atom. The van der Waals surface area contributed by atoms with E-state index >= 15 is 0 Å². The minimum Gasteiger partial charge on any atom is -0.477 e. The van der Waals surface area contributed by atoms with E-state index in [1.54, 1.807) is 0 Å². The van der Waals surface area contributed by atoms with E-state index in [-0.39, 0.29) is 23.8 Å². The van der Waals surface area contributed by atoms with E-state index in [2.05, 4.69) is 50.5 Å². The third-order valence-electron chi connectivity index (χ3n) is 5.73. The van der Waals surface area contributed by atoms with Crippen LogP contribution in [0, 0.1) is 0 Å². The molecule has 2 saturated heterocycles. The third-order valence-corrected chi connectivity index (χ3v) is 5.73.